The highest BCUT2D eigenvalue weighted by Crippen LogP contribution is 2.23. The molecule has 12 heteroatoms. The standard InChI is InChI=1S/C25H33F2N3O2.C2HF3O2/c1-17(2)32-21-8-6-19(7-9-21)15-28-25(31)30(20-11-13-29(4)14-12-20)16-22-23(26)10-5-18(3)24(22)27;3-2(4,5)1(6)7/h5-10,17,20H,11-16H2,1-4H3,(H,28,31);(H,6,7). The highest BCUT2D eigenvalue weighted by Gasteiger charge is 2.38. The van der Waals surface area contributed by atoms with Crippen LogP contribution in [0.3, 0.4) is 0 Å². The van der Waals surface area contributed by atoms with E-state index < -0.39 is 23.8 Å². The second kappa shape index (κ2) is 14.1. The van der Waals surface area contributed by atoms with E-state index in [-0.39, 0.29) is 30.3 Å². The molecule has 3 rings (SSSR count). The minimum Gasteiger partial charge on any atom is -0.491 e. The SMILES string of the molecule is Cc1ccc(F)c(CN(C(=O)NCc2ccc(OC(C)C)cc2)C2CCN(C)CC2)c1F.O=C(O)C(F)(F)F. The molecule has 0 bridgehead atoms. The number of hydrogen-bond donors (Lipinski definition) is 2. The van der Waals surface area contributed by atoms with E-state index in [9.17, 15) is 26.7 Å². The molecule has 2 aromatic carbocycles. The smallest absolute Gasteiger partial charge is 0.490 e. The number of ether oxygens (including phenoxy) is 1. The maximum atomic E-state index is 14.7. The van der Waals surface area contributed by atoms with Crippen LogP contribution in [0.5, 0.6) is 5.75 Å². The van der Waals surface area contributed by atoms with Crippen molar-refractivity contribution in [3.63, 3.8) is 0 Å². The number of benzene rings is 2. The predicted molar refractivity (Wildman–Crippen MR) is 135 cm³/mol. The van der Waals surface area contributed by atoms with Gasteiger partial charge in [0.05, 0.1) is 12.6 Å². The first-order valence-corrected chi connectivity index (χ1v) is 12.4. The maximum Gasteiger partial charge on any atom is 0.490 e. The average Bonchev–Trinajstić information content (AvgIpc) is 2.86. The molecule has 2 N–H and O–H groups in total. The predicted octanol–water partition coefficient (Wildman–Crippen LogP) is 5.50. The Bertz CT molecular complexity index is 1100. The quantitative estimate of drug-likeness (QED) is 0.438. The van der Waals surface area contributed by atoms with Gasteiger partial charge in [0, 0.05) is 18.2 Å². The van der Waals surface area contributed by atoms with E-state index >= 15 is 0 Å². The number of amides is 2. The third-order valence-corrected chi connectivity index (χ3v) is 6.08. The Kier molecular flexibility index (Phi) is 11.5. The Morgan fingerprint density at radius 2 is 1.67 bits per heavy atom. The number of carboxylic acid groups (broad SMARTS) is 1. The van der Waals surface area contributed by atoms with Crippen LogP contribution >= 0.6 is 0 Å². The van der Waals surface area contributed by atoms with Gasteiger partial charge in [-0.1, -0.05) is 18.2 Å². The summed E-state index contributed by atoms with van der Waals surface area (Å²) in [7, 11) is 2.03. The van der Waals surface area contributed by atoms with Crippen LogP contribution in [0.1, 0.15) is 43.4 Å². The summed E-state index contributed by atoms with van der Waals surface area (Å²) in [6.07, 6.45) is -3.47. The number of halogens is 5. The number of carbonyl (C=O) groups is 2. The number of carbonyl (C=O) groups excluding carboxylic acids is 1. The molecule has 1 saturated heterocycles. The van der Waals surface area contributed by atoms with Crippen molar-refractivity contribution in [3.05, 3.63) is 64.7 Å². The van der Waals surface area contributed by atoms with Gasteiger partial charge < -0.3 is 25.0 Å². The van der Waals surface area contributed by atoms with Crippen molar-refractivity contribution < 1.29 is 41.4 Å². The monoisotopic (exact) mass is 559 g/mol. The molecule has 0 radical (unpaired) electrons. The second-order valence-electron chi connectivity index (χ2n) is 9.59. The lowest BCUT2D eigenvalue weighted by atomic mass is 10.0. The highest BCUT2D eigenvalue weighted by molar-refractivity contribution is 5.74. The van der Waals surface area contributed by atoms with E-state index in [0.29, 0.717) is 12.1 Å². The fourth-order valence-corrected chi connectivity index (χ4v) is 3.94. The average molecular weight is 560 g/mol. The molecule has 2 aromatic rings. The van der Waals surface area contributed by atoms with Crippen LogP contribution in [-0.4, -0.2) is 65.4 Å². The Morgan fingerprint density at radius 3 is 2.18 bits per heavy atom. The minimum absolute atomic E-state index is 0.0609. The van der Waals surface area contributed by atoms with Gasteiger partial charge >= 0.3 is 18.2 Å². The van der Waals surface area contributed by atoms with Crippen LogP contribution in [0, 0.1) is 18.6 Å². The van der Waals surface area contributed by atoms with E-state index in [1.54, 1.807) is 11.8 Å². The van der Waals surface area contributed by atoms with Crippen LogP contribution in [0.2, 0.25) is 0 Å². The zero-order valence-corrected chi connectivity index (χ0v) is 22.3. The molecule has 0 spiro atoms. The molecule has 0 aliphatic carbocycles. The van der Waals surface area contributed by atoms with Gasteiger partial charge in [-0.05, 0) is 83.1 Å². The van der Waals surface area contributed by atoms with Crippen LogP contribution in [0.4, 0.5) is 26.7 Å². The Hall–Kier alpha value is -3.41. The summed E-state index contributed by atoms with van der Waals surface area (Å²) in [5.74, 6) is -3.20. The van der Waals surface area contributed by atoms with Crippen LogP contribution in [0.25, 0.3) is 0 Å². The molecule has 1 aliphatic rings. The largest absolute Gasteiger partial charge is 0.491 e. The molecular formula is C27H34F5N3O4. The molecule has 39 heavy (non-hydrogen) atoms. The summed E-state index contributed by atoms with van der Waals surface area (Å²) in [5, 5.41) is 10.1. The van der Waals surface area contributed by atoms with Crippen molar-refractivity contribution in [2.75, 3.05) is 20.1 Å². The third kappa shape index (κ3) is 10.0. The van der Waals surface area contributed by atoms with Gasteiger partial charge in [0.1, 0.15) is 17.4 Å². The van der Waals surface area contributed by atoms with Crippen LogP contribution in [-0.2, 0) is 17.9 Å². The van der Waals surface area contributed by atoms with Gasteiger partial charge in [-0.15, -0.1) is 0 Å². The molecule has 1 fully saturated rings. The first-order chi connectivity index (χ1) is 18.2. The number of nitrogens with zero attached hydrogens (tertiary/aromatic N) is 2. The summed E-state index contributed by atoms with van der Waals surface area (Å²) < 4.78 is 66.5. The highest BCUT2D eigenvalue weighted by atomic mass is 19.4. The van der Waals surface area contributed by atoms with Gasteiger partial charge in [-0.3, -0.25) is 0 Å². The van der Waals surface area contributed by atoms with E-state index in [0.717, 1.165) is 37.2 Å². The number of likely N-dealkylation sites (tertiary alicyclic amines) is 1. The molecule has 1 heterocycles. The summed E-state index contributed by atoms with van der Waals surface area (Å²) >= 11 is 0. The number of aliphatic carboxylic acids is 1. The third-order valence-electron chi connectivity index (χ3n) is 6.08. The first kappa shape index (κ1) is 31.8. The zero-order chi connectivity index (χ0) is 29.3. The Morgan fingerprint density at radius 1 is 1.10 bits per heavy atom. The van der Waals surface area contributed by atoms with Crippen molar-refractivity contribution in [2.24, 2.45) is 0 Å². The lowest BCUT2D eigenvalue weighted by molar-refractivity contribution is -0.192. The van der Waals surface area contributed by atoms with E-state index in [1.807, 2.05) is 45.2 Å². The van der Waals surface area contributed by atoms with Crippen LogP contribution < -0.4 is 10.1 Å². The van der Waals surface area contributed by atoms with Gasteiger partial charge in [-0.2, -0.15) is 13.2 Å². The molecule has 1 aliphatic heterocycles. The number of piperidine rings is 1. The zero-order valence-electron chi connectivity index (χ0n) is 22.3. The second-order valence-corrected chi connectivity index (χ2v) is 9.59. The number of aryl methyl sites for hydroxylation is 1. The number of urea groups is 1. The summed E-state index contributed by atoms with van der Waals surface area (Å²) in [6.45, 7) is 7.43. The number of rotatable bonds is 7. The summed E-state index contributed by atoms with van der Waals surface area (Å²) in [5.41, 5.74) is 1.23. The van der Waals surface area contributed by atoms with Crippen LogP contribution in [0.15, 0.2) is 36.4 Å². The molecular weight excluding hydrogens is 525 g/mol. The van der Waals surface area contributed by atoms with E-state index in [2.05, 4.69) is 10.2 Å². The molecule has 0 atom stereocenters. The molecule has 0 saturated carbocycles. The molecule has 0 unspecified atom stereocenters. The summed E-state index contributed by atoms with van der Waals surface area (Å²) in [4.78, 5) is 25.8. The van der Waals surface area contributed by atoms with Crippen molar-refractivity contribution in [3.8, 4) is 5.75 Å². The lowest BCUT2D eigenvalue weighted by Gasteiger charge is -2.37. The topological polar surface area (TPSA) is 82.1 Å². The fourth-order valence-electron chi connectivity index (χ4n) is 3.94. The van der Waals surface area contributed by atoms with Gasteiger partial charge in [0.2, 0.25) is 0 Å². The fraction of sp³-hybridized carbons (Fsp3) is 0.481. The lowest BCUT2D eigenvalue weighted by Crippen LogP contribution is -2.49. The normalized spacial score (nSPS) is 14.4. The number of alkyl halides is 3. The van der Waals surface area contributed by atoms with Crippen molar-refractivity contribution in [1.82, 2.24) is 15.1 Å². The molecule has 0 aromatic heterocycles. The Labute approximate surface area is 224 Å². The number of nitrogens with one attached hydrogen (secondary N) is 1. The van der Waals surface area contributed by atoms with Gasteiger partial charge in [-0.25, -0.2) is 18.4 Å². The maximum absolute atomic E-state index is 14.7. The summed E-state index contributed by atoms with van der Waals surface area (Å²) in [6, 6.07) is 9.83. The van der Waals surface area contributed by atoms with Gasteiger partial charge in [0.25, 0.3) is 0 Å². The number of hydrogen-bond acceptors (Lipinski definition) is 4. The van der Waals surface area contributed by atoms with Crippen molar-refractivity contribution in [1.29, 1.82) is 0 Å². The minimum atomic E-state index is -5.08. The Balaban J connectivity index is 0.000000673. The van der Waals surface area contributed by atoms with Gasteiger partial charge in [0.15, 0.2) is 0 Å². The van der Waals surface area contributed by atoms with E-state index in [1.165, 1.54) is 12.1 Å². The molecule has 7 nitrogen and oxygen atoms in total. The first-order valence-electron chi connectivity index (χ1n) is 12.4. The van der Waals surface area contributed by atoms with Crippen molar-refractivity contribution >= 4 is 12.0 Å². The van der Waals surface area contributed by atoms with Crippen molar-refractivity contribution in [2.45, 2.75) is 65.0 Å². The molecule has 216 valence electrons. The molecule has 2 amide bonds. The van der Waals surface area contributed by atoms with E-state index in [4.69, 9.17) is 14.6 Å². The number of carboxylic acids is 1.